The van der Waals surface area contributed by atoms with Crippen LogP contribution in [-0.4, -0.2) is 55.4 Å². The van der Waals surface area contributed by atoms with E-state index in [1.54, 1.807) is 7.05 Å². The minimum Gasteiger partial charge on any atom is -0.481 e. The Hall–Kier alpha value is -1.30. The molecule has 0 radical (unpaired) electrons. The fourth-order valence-corrected chi connectivity index (χ4v) is 1.70. The number of aliphatic carboxylic acids is 1. The molecule has 98 valence electrons. The Balaban J connectivity index is 2.16. The molecule has 1 unspecified atom stereocenters. The largest absolute Gasteiger partial charge is 0.481 e. The van der Waals surface area contributed by atoms with Gasteiger partial charge in [-0.05, 0) is 18.8 Å². The molecule has 0 aliphatic carbocycles. The van der Waals surface area contributed by atoms with Crippen LogP contribution in [0.3, 0.4) is 0 Å². The lowest BCUT2D eigenvalue weighted by atomic mass is 10.0. The molecular formula is C11H20N2O4. The topological polar surface area (TPSA) is 78.9 Å². The highest BCUT2D eigenvalue weighted by molar-refractivity contribution is 5.74. The van der Waals surface area contributed by atoms with E-state index < -0.39 is 5.97 Å². The summed E-state index contributed by atoms with van der Waals surface area (Å²) in [6, 6.07) is -0.225. The Morgan fingerprint density at radius 2 is 2.29 bits per heavy atom. The number of rotatable bonds is 5. The number of carboxylic acid groups (broad SMARTS) is 1. The van der Waals surface area contributed by atoms with E-state index in [0.29, 0.717) is 19.1 Å². The molecule has 0 aromatic heterocycles. The lowest BCUT2D eigenvalue weighted by molar-refractivity contribution is -0.137. The van der Waals surface area contributed by atoms with Crippen molar-refractivity contribution in [2.24, 2.45) is 5.92 Å². The predicted molar refractivity (Wildman–Crippen MR) is 61.8 cm³/mol. The van der Waals surface area contributed by atoms with E-state index in [-0.39, 0.29) is 19.0 Å². The van der Waals surface area contributed by atoms with Crippen LogP contribution in [0.2, 0.25) is 0 Å². The molecule has 0 aromatic rings. The first-order valence-electron chi connectivity index (χ1n) is 5.88. The van der Waals surface area contributed by atoms with E-state index in [4.69, 9.17) is 9.84 Å². The van der Waals surface area contributed by atoms with E-state index in [1.807, 2.05) is 0 Å². The van der Waals surface area contributed by atoms with Crippen LogP contribution in [0.4, 0.5) is 4.79 Å². The zero-order valence-electron chi connectivity index (χ0n) is 10.1. The summed E-state index contributed by atoms with van der Waals surface area (Å²) >= 11 is 0. The standard InChI is InChI=1S/C11H20N2O4/c1-13(5-4-10(14)15)11(16)12-7-9-3-2-6-17-8-9/h9H,2-8H2,1H3,(H,12,16)(H,14,15). The molecule has 0 saturated carbocycles. The Morgan fingerprint density at radius 1 is 1.53 bits per heavy atom. The van der Waals surface area contributed by atoms with Gasteiger partial charge in [-0.3, -0.25) is 4.79 Å². The van der Waals surface area contributed by atoms with Gasteiger partial charge in [-0.1, -0.05) is 0 Å². The maximum absolute atomic E-state index is 11.6. The summed E-state index contributed by atoms with van der Waals surface area (Å²) in [7, 11) is 1.59. The number of urea groups is 1. The summed E-state index contributed by atoms with van der Waals surface area (Å²) in [6.07, 6.45) is 2.07. The third kappa shape index (κ3) is 5.53. The van der Waals surface area contributed by atoms with Crippen molar-refractivity contribution in [1.82, 2.24) is 10.2 Å². The van der Waals surface area contributed by atoms with Crippen LogP contribution >= 0.6 is 0 Å². The van der Waals surface area contributed by atoms with Crippen molar-refractivity contribution in [2.45, 2.75) is 19.3 Å². The fourth-order valence-electron chi connectivity index (χ4n) is 1.70. The van der Waals surface area contributed by atoms with Crippen molar-refractivity contribution in [3.05, 3.63) is 0 Å². The summed E-state index contributed by atoms with van der Waals surface area (Å²) in [5.74, 6) is -0.522. The Labute approximate surface area is 101 Å². The average Bonchev–Trinajstić information content (AvgIpc) is 2.34. The zero-order valence-corrected chi connectivity index (χ0v) is 10.1. The molecule has 17 heavy (non-hydrogen) atoms. The predicted octanol–water partition coefficient (Wildman–Crippen LogP) is 0.529. The van der Waals surface area contributed by atoms with Crippen molar-refractivity contribution >= 4 is 12.0 Å². The lowest BCUT2D eigenvalue weighted by Crippen LogP contribution is -2.41. The van der Waals surface area contributed by atoms with Gasteiger partial charge in [-0.2, -0.15) is 0 Å². The monoisotopic (exact) mass is 244 g/mol. The molecule has 1 aliphatic heterocycles. The van der Waals surface area contributed by atoms with Gasteiger partial charge >= 0.3 is 12.0 Å². The average molecular weight is 244 g/mol. The Morgan fingerprint density at radius 3 is 2.88 bits per heavy atom. The normalized spacial score (nSPS) is 19.7. The van der Waals surface area contributed by atoms with Gasteiger partial charge in [0, 0.05) is 26.7 Å². The van der Waals surface area contributed by atoms with Gasteiger partial charge in [-0.15, -0.1) is 0 Å². The van der Waals surface area contributed by atoms with Crippen LogP contribution < -0.4 is 5.32 Å². The summed E-state index contributed by atoms with van der Waals surface area (Å²) in [5.41, 5.74) is 0. The minimum atomic E-state index is -0.898. The molecule has 6 nitrogen and oxygen atoms in total. The number of amides is 2. The van der Waals surface area contributed by atoms with Crippen molar-refractivity contribution in [3.8, 4) is 0 Å². The van der Waals surface area contributed by atoms with Crippen molar-refractivity contribution in [1.29, 1.82) is 0 Å². The number of ether oxygens (including phenoxy) is 1. The van der Waals surface area contributed by atoms with Crippen molar-refractivity contribution < 1.29 is 19.4 Å². The third-order valence-electron chi connectivity index (χ3n) is 2.80. The molecule has 0 spiro atoms. The number of nitrogens with one attached hydrogen (secondary N) is 1. The number of carbonyl (C=O) groups excluding carboxylic acids is 1. The van der Waals surface area contributed by atoms with Crippen LogP contribution in [0.15, 0.2) is 0 Å². The molecule has 1 aliphatic rings. The molecule has 1 saturated heterocycles. The number of carboxylic acids is 1. The van der Waals surface area contributed by atoms with Crippen molar-refractivity contribution in [3.63, 3.8) is 0 Å². The second kappa shape index (κ2) is 7.11. The fraction of sp³-hybridized carbons (Fsp3) is 0.818. The molecule has 0 bridgehead atoms. The molecule has 2 N–H and O–H groups in total. The zero-order chi connectivity index (χ0) is 12.7. The van der Waals surface area contributed by atoms with Gasteiger partial charge in [0.2, 0.25) is 0 Å². The van der Waals surface area contributed by atoms with E-state index in [9.17, 15) is 9.59 Å². The molecular weight excluding hydrogens is 224 g/mol. The summed E-state index contributed by atoms with van der Waals surface area (Å²) in [6.45, 7) is 2.32. The summed E-state index contributed by atoms with van der Waals surface area (Å²) in [5, 5.41) is 11.3. The van der Waals surface area contributed by atoms with Gasteiger partial charge in [0.1, 0.15) is 0 Å². The Kier molecular flexibility index (Phi) is 5.76. The van der Waals surface area contributed by atoms with E-state index >= 15 is 0 Å². The quantitative estimate of drug-likeness (QED) is 0.739. The highest BCUT2D eigenvalue weighted by atomic mass is 16.5. The maximum Gasteiger partial charge on any atom is 0.317 e. The van der Waals surface area contributed by atoms with Crippen LogP contribution in [0.25, 0.3) is 0 Å². The number of hydrogen-bond donors (Lipinski definition) is 2. The van der Waals surface area contributed by atoms with Gasteiger partial charge in [0.15, 0.2) is 0 Å². The molecule has 1 heterocycles. The van der Waals surface area contributed by atoms with E-state index in [2.05, 4.69) is 5.32 Å². The van der Waals surface area contributed by atoms with Crippen LogP contribution in [0.5, 0.6) is 0 Å². The van der Waals surface area contributed by atoms with Crippen LogP contribution in [0.1, 0.15) is 19.3 Å². The summed E-state index contributed by atoms with van der Waals surface area (Å²) in [4.78, 5) is 23.3. The van der Waals surface area contributed by atoms with E-state index in [1.165, 1.54) is 4.90 Å². The Bertz CT molecular complexity index is 264. The molecule has 1 atom stereocenters. The maximum atomic E-state index is 11.6. The number of hydrogen-bond acceptors (Lipinski definition) is 3. The van der Waals surface area contributed by atoms with Gasteiger partial charge in [0.25, 0.3) is 0 Å². The molecule has 2 amide bonds. The first-order valence-corrected chi connectivity index (χ1v) is 5.88. The molecule has 1 rings (SSSR count). The second-order valence-electron chi connectivity index (χ2n) is 4.33. The van der Waals surface area contributed by atoms with Gasteiger partial charge < -0.3 is 20.1 Å². The van der Waals surface area contributed by atoms with Crippen molar-refractivity contribution in [2.75, 3.05) is 33.4 Å². The second-order valence-corrected chi connectivity index (χ2v) is 4.33. The third-order valence-corrected chi connectivity index (χ3v) is 2.80. The van der Waals surface area contributed by atoms with Crippen LogP contribution in [-0.2, 0) is 9.53 Å². The highest BCUT2D eigenvalue weighted by Crippen LogP contribution is 2.12. The first kappa shape index (κ1) is 13.8. The van der Waals surface area contributed by atoms with Gasteiger partial charge in [0.05, 0.1) is 13.0 Å². The number of nitrogens with zero attached hydrogens (tertiary/aromatic N) is 1. The van der Waals surface area contributed by atoms with Gasteiger partial charge in [-0.25, -0.2) is 4.79 Å². The highest BCUT2D eigenvalue weighted by Gasteiger charge is 2.16. The lowest BCUT2D eigenvalue weighted by Gasteiger charge is -2.24. The molecule has 0 aromatic carbocycles. The molecule has 1 fully saturated rings. The summed E-state index contributed by atoms with van der Waals surface area (Å²) < 4.78 is 5.31. The smallest absolute Gasteiger partial charge is 0.317 e. The van der Waals surface area contributed by atoms with E-state index in [0.717, 1.165) is 19.4 Å². The number of carbonyl (C=O) groups is 2. The SMILES string of the molecule is CN(CCC(=O)O)C(=O)NCC1CCCOC1. The molecule has 6 heteroatoms. The first-order chi connectivity index (χ1) is 8.09. The minimum absolute atomic E-state index is 0.0313. The van der Waals surface area contributed by atoms with Crippen LogP contribution in [0, 0.1) is 5.92 Å².